The summed E-state index contributed by atoms with van der Waals surface area (Å²) in [5.41, 5.74) is 3.24. The van der Waals surface area contributed by atoms with E-state index in [9.17, 15) is 5.11 Å². The lowest BCUT2D eigenvalue weighted by molar-refractivity contribution is -0.191. The molecule has 1 N–H and O–H groups in total. The Hall–Kier alpha value is -0.360. The molecule has 31 heavy (non-hydrogen) atoms. The number of hydrogen-bond donors (Lipinski definition) is 1. The summed E-state index contributed by atoms with van der Waals surface area (Å²) in [4.78, 5) is 0. The molecule has 0 aromatic carbocycles. The quantitative estimate of drug-likeness (QED) is 0.467. The third-order valence-corrected chi connectivity index (χ3v) is 12.8. The molecule has 0 unspecified atom stereocenters. The van der Waals surface area contributed by atoms with Gasteiger partial charge in [0.2, 0.25) is 0 Å². The van der Waals surface area contributed by atoms with E-state index in [1.807, 2.05) is 12.5 Å². The van der Waals surface area contributed by atoms with Crippen LogP contribution in [0.2, 0.25) is 0 Å². The number of furan rings is 1. The zero-order chi connectivity index (χ0) is 21.3. The van der Waals surface area contributed by atoms with E-state index < -0.39 is 0 Å². The van der Waals surface area contributed by atoms with Gasteiger partial charge in [-0.2, -0.15) is 0 Å². The Morgan fingerprint density at radius 2 is 1.94 bits per heavy atom. The van der Waals surface area contributed by atoms with Crippen LogP contribution < -0.4 is 0 Å². The molecule has 1 aromatic rings. The molecule has 0 amide bonds. The smallest absolute Gasteiger partial charge is 0.161 e. The van der Waals surface area contributed by atoms with Crippen molar-refractivity contribution in [2.24, 2.45) is 28.6 Å². The molecule has 6 rings (SSSR count). The average Bonchev–Trinajstić information content (AvgIpc) is 3.29. The first-order valence-corrected chi connectivity index (χ1v) is 14.3. The summed E-state index contributed by atoms with van der Waals surface area (Å²) < 4.78 is 12.5. The van der Waals surface area contributed by atoms with Crippen molar-refractivity contribution in [3.8, 4) is 0 Å². The Labute approximate surface area is 195 Å². The first kappa shape index (κ1) is 21.2. The van der Waals surface area contributed by atoms with Gasteiger partial charge in [-0.15, -0.1) is 23.5 Å². The second-order valence-electron chi connectivity index (χ2n) is 11.2. The molecule has 2 saturated carbocycles. The molecule has 3 heterocycles. The van der Waals surface area contributed by atoms with Crippen LogP contribution >= 0.6 is 23.5 Å². The highest BCUT2D eigenvalue weighted by molar-refractivity contribution is 8.18. The Morgan fingerprint density at radius 1 is 1.10 bits per heavy atom. The Balaban J connectivity index is 1.40. The average molecular weight is 461 g/mol. The van der Waals surface area contributed by atoms with Crippen LogP contribution in [0.25, 0.3) is 0 Å². The number of allylic oxidation sites excluding steroid dienone is 1. The van der Waals surface area contributed by atoms with E-state index >= 15 is 0 Å². The van der Waals surface area contributed by atoms with Crippen LogP contribution in [0.3, 0.4) is 0 Å². The van der Waals surface area contributed by atoms with Crippen LogP contribution in [0.4, 0.5) is 0 Å². The van der Waals surface area contributed by atoms with E-state index in [0.717, 1.165) is 31.1 Å². The highest BCUT2D eigenvalue weighted by Gasteiger charge is 2.62. The van der Waals surface area contributed by atoms with Crippen molar-refractivity contribution in [2.75, 3.05) is 11.5 Å². The standard InChI is InChI=1S/C26H36O3S2/c1-24-9-6-19(27)14-18(24)4-5-20-21(24)7-10-25(2)22(20)15-26(30-12-3-13-31-26)29-23(25)17-8-11-28-16-17/h4,8,11,16,19-23,27H,3,5-7,9-10,12-15H2,1-2H3/t19-,20+,21-,22-,23+,24-,25-/m0/s1. The second-order valence-corrected chi connectivity index (χ2v) is 14.2. The van der Waals surface area contributed by atoms with E-state index in [0.29, 0.717) is 5.92 Å². The summed E-state index contributed by atoms with van der Waals surface area (Å²) in [5, 5.41) is 10.3. The zero-order valence-corrected chi connectivity index (χ0v) is 20.5. The van der Waals surface area contributed by atoms with Gasteiger partial charge < -0.3 is 14.3 Å². The Bertz CT molecular complexity index is 845. The lowest BCUT2D eigenvalue weighted by Gasteiger charge is -2.64. The van der Waals surface area contributed by atoms with E-state index in [1.54, 1.807) is 5.57 Å². The van der Waals surface area contributed by atoms with Crippen LogP contribution in [0.5, 0.6) is 0 Å². The van der Waals surface area contributed by atoms with Crippen molar-refractivity contribution < 1.29 is 14.3 Å². The molecule has 2 aliphatic heterocycles. The van der Waals surface area contributed by atoms with Gasteiger partial charge in [0, 0.05) is 11.0 Å². The molecule has 0 bridgehead atoms. The highest BCUT2D eigenvalue weighted by atomic mass is 32.2. The molecule has 2 saturated heterocycles. The van der Waals surface area contributed by atoms with Crippen molar-refractivity contribution in [1.82, 2.24) is 0 Å². The molecule has 5 heteroatoms. The van der Waals surface area contributed by atoms with Crippen LogP contribution in [0, 0.1) is 28.6 Å². The van der Waals surface area contributed by atoms with E-state index in [-0.39, 0.29) is 27.3 Å². The summed E-state index contributed by atoms with van der Waals surface area (Å²) in [7, 11) is 0. The van der Waals surface area contributed by atoms with Gasteiger partial charge in [-0.3, -0.25) is 0 Å². The zero-order valence-electron chi connectivity index (χ0n) is 18.8. The van der Waals surface area contributed by atoms with E-state index in [4.69, 9.17) is 9.15 Å². The number of aliphatic hydroxyl groups excluding tert-OH is 1. The van der Waals surface area contributed by atoms with Crippen molar-refractivity contribution in [3.63, 3.8) is 0 Å². The summed E-state index contributed by atoms with van der Waals surface area (Å²) in [6.07, 6.45) is 15.5. The summed E-state index contributed by atoms with van der Waals surface area (Å²) in [6.45, 7) is 5.04. The van der Waals surface area contributed by atoms with Crippen molar-refractivity contribution in [2.45, 2.75) is 81.7 Å². The lowest BCUT2D eigenvalue weighted by atomic mass is 9.45. The van der Waals surface area contributed by atoms with Gasteiger partial charge in [0.05, 0.1) is 24.7 Å². The van der Waals surface area contributed by atoms with Gasteiger partial charge in [0.15, 0.2) is 4.27 Å². The molecule has 3 aliphatic carbocycles. The monoisotopic (exact) mass is 460 g/mol. The van der Waals surface area contributed by atoms with Crippen LogP contribution in [0.1, 0.15) is 76.9 Å². The number of thioether (sulfide) groups is 2. The number of fused-ring (bicyclic) bond motifs is 5. The highest BCUT2D eigenvalue weighted by Crippen LogP contribution is 2.70. The van der Waals surface area contributed by atoms with Crippen LogP contribution in [-0.4, -0.2) is 27.0 Å². The largest absolute Gasteiger partial charge is 0.472 e. The number of aliphatic hydroxyl groups is 1. The molecule has 3 nitrogen and oxygen atoms in total. The van der Waals surface area contributed by atoms with Gasteiger partial charge in [-0.25, -0.2) is 0 Å². The first-order chi connectivity index (χ1) is 14.9. The number of ether oxygens (including phenoxy) is 1. The van der Waals surface area contributed by atoms with Gasteiger partial charge in [-0.1, -0.05) is 25.5 Å². The molecule has 7 atom stereocenters. The van der Waals surface area contributed by atoms with Crippen LogP contribution in [0.15, 0.2) is 34.7 Å². The molecule has 1 aromatic heterocycles. The fraction of sp³-hybridized carbons (Fsp3) is 0.769. The minimum absolute atomic E-state index is 0.0973. The van der Waals surface area contributed by atoms with E-state index in [1.165, 1.54) is 49.2 Å². The van der Waals surface area contributed by atoms with Crippen LogP contribution in [-0.2, 0) is 4.74 Å². The van der Waals surface area contributed by atoms with E-state index in [2.05, 4.69) is 49.5 Å². The molecule has 4 fully saturated rings. The maximum absolute atomic E-state index is 10.3. The third-order valence-electron chi connectivity index (χ3n) is 9.66. The SMILES string of the molecule is C[C@]12CC[C@H]3[C@@H](CC=C4C[C@@H](O)CC[C@@]43C)[C@@H]1CC1(O[C@@H]2c2ccoc2)SCCCS1. The third kappa shape index (κ3) is 3.24. The Kier molecular flexibility index (Phi) is 5.18. The van der Waals surface area contributed by atoms with Gasteiger partial charge >= 0.3 is 0 Å². The summed E-state index contributed by atoms with van der Waals surface area (Å²) in [6, 6.07) is 2.14. The Morgan fingerprint density at radius 3 is 2.71 bits per heavy atom. The minimum Gasteiger partial charge on any atom is -0.472 e. The number of rotatable bonds is 1. The molecular weight excluding hydrogens is 424 g/mol. The van der Waals surface area contributed by atoms with Gasteiger partial charge in [-0.05, 0) is 92.1 Å². The molecule has 5 aliphatic rings. The second kappa shape index (κ2) is 7.58. The predicted molar refractivity (Wildman–Crippen MR) is 128 cm³/mol. The summed E-state index contributed by atoms with van der Waals surface area (Å²) >= 11 is 4.13. The minimum atomic E-state index is -0.128. The summed E-state index contributed by atoms with van der Waals surface area (Å²) in [5.74, 6) is 4.56. The van der Waals surface area contributed by atoms with Crippen molar-refractivity contribution in [1.29, 1.82) is 0 Å². The molecular formula is C26H36O3S2. The molecule has 1 spiro atoms. The fourth-order valence-corrected chi connectivity index (χ4v) is 11.1. The fourth-order valence-electron chi connectivity index (χ4n) is 7.95. The normalized spacial score (nSPS) is 46.5. The predicted octanol–water partition coefficient (Wildman–Crippen LogP) is 6.79. The topological polar surface area (TPSA) is 42.6 Å². The molecule has 170 valence electrons. The van der Waals surface area contributed by atoms with Gasteiger partial charge in [0.25, 0.3) is 0 Å². The van der Waals surface area contributed by atoms with Crippen molar-refractivity contribution in [3.05, 3.63) is 35.8 Å². The maximum atomic E-state index is 10.3. The number of hydrogen-bond acceptors (Lipinski definition) is 5. The maximum Gasteiger partial charge on any atom is 0.161 e. The first-order valence-electron chi connectivity index (χ1n) is 12.3. The van der Waals surface area contributed by atoms with Gasteiger partial charge in [0.1, 0.15) is 0 Å². The molecule has 0 radical (unpaired) electrons. The lowest BCUT2D eigenvalue weighted by Crippen LogP contribution is -2.57. The van der Waals surface area contributed by atoms with Crippen molar-refractivity contribution >= 4 is 23.5 Å².